The lowest BCUT2D eigenvalue weighted by molar-refractivity contribution is 0.734. The first-order chi connectivity index (χ1) is 9.45. The average molecular weight is 354 g/mol. The zero-order valence-electron chi connectivity index (χ0n) is 12.1. The van der Waals surface area contributed by atoms with Gasteiger partial charge in [-0.1, -0.05) is 6.07 Å². The summed E-state index contributed by atoms with van der Waals surface area (Å²) in [6, 6.07) is 4.51. The van der Waals surface area contributed by atoms with Crippen LogP contribution in [0.5, 0.6) is 0 Å². The Morgan fingerprint density at radius 2 is 2.15 bits per heavy atom. The number of hydrogen-bond donors (Lipinski definition) is 1. The van der Waals surface area contributed by atoms with Crippen LogP contribution in [-0.4, -0.2) is 18.1 Å². The second-order valence-corrected chi connectivity index (χ2v) is 7.57. The maximum atomic E-state index is 5.84. The molecule has 0 fully saturated rings. The molecule has 0 bridgehead atoms. The SMILES string of the molecule is Cc1cc(CC(C)N)cnc1N(C)Cc1csc(Br)c1. The summed E-state index contributed by atoms with van der Waals surface area (Å²) in [6.07, 6.45) is 2.81. The Hall–Kier alpha value is -0.910. The predicted octanol–water partition coefficient (Wildman–Crippen LogP) is 3.74. The zero-order valence-corrected chi connectivity index (χ0v) is 14.5. The van der Waals surface area contributed by atoms with E-state index in [1.807, 2.05) is 13.1 Å². The second kappa shape index (κ2) is 6.70. The topological polar surface area (TPSA) is 42.1 Å². The third-order valence-corrected chi connectivity index (χ3v) is 4.62. The number of thiophene rings is 1. The maximum Gasteiger partial charge on any atom is 0.131 e. The minimum Gasteiger partial charge on any atom is -0.355 e. The molecule has 0 saturated carbocycles. The molecule has 2 aromatic heterocycles. The summed E-state index contributed by atoms with van der Waals surface area (Å²) < 4.78 is 1.16. The number of aryl methyl sites for hydroxylation is 1. The third-order valence-electron chi connectivity index (χ3n) is 3.07. The summed E-state index contributed by atoms with van der Waals surface area (Å²) in [5.41, 5.74) is 9.53. The van der Waals surface area contributed by atoms with E-state index in [1.54, 1.807) is 11.3 Å². The van der Waals surface area contributed by atoms with Crippen LogP contribution in [0.4, 0.5) is 5.82 Å². The molecule has 2 rings (SSSR count). The zero-order chi connectivity index (χ0) is 14.7. The molecule has 3 nitrogen and oxygen atoms in total. The van der Waals surface area contributed by atoms with E-state index in [9.17, 15) is 0 Å². The number of anilines is 1. The van der Waals surface area contributed by atoms with Gasteiger partial charge in [0, 0.05) is 25.8 Å². The van der Waals surface area contributed by atoms with Crippen molar-refractivity contribution in [1.29, 1.82) is 0 Å². The highest BCUT2D eigenvalue weighted by atomic mass is 79.9. The van der Waals surface area contributed by atoms with Crippen LogP contribution in [-0.2, 0) is 13.0 Å². The number of pyridine rings is 1. The van der Waals surface area contributed by atoms with Crippen molar-refractivity contribution >= 4 is 33.1 Å². The monoisotopic (exact) mass is 353 g/mol. The molecule has 0 aliphatic carbocycles. The molecule has 0 saturated heterocycles. The maximum absolute atomic E-state index is 5.84. The molecule has 2 heterocycles. The van der Waals surface area contributed by atoms with Crippen LogP contribution in [0.3, 0.4) is 0 Å². The van der Waals surface area contributed by atoms with E-state index in [4.69, 9.17) is 5.73 Å². The molecule has 0 aliphatic heterocycles. The van der Waals surface area contributed by atoms with Gasteiger partial charge in [0.2, 0.25) is 0 Å². The minimum atomic E-state index is 0.169. The highest BCUT2D eigenvalue weighted by Crippen LogP contribution is 2.24. The van der Waals surface area contributed by atoms with Gasteiger partial charge in [-0.2, -0.15) is 0 Å². The highest BCUT2D eigenvalue weighted by Gasteiger charge is 2.09. The fraction of sp³-hybridized carbons (Fsp3) is 0.400. The molecule has 20 heavy (non-hydrogen) atoms. The Morgan fingerprint density at radius 1 is 1.40 bits per heavy atom. The molecule has 0 amide bonds. The quantitative estimate of drug-likeness (QED) is 0.889. The first-order valence-corrected chi connectivity index (χ1v) is 8.28. The van der Waals surface area contributed by atoms with Gasteiger partial charge in [0.05, 0.1) is 3.79 Å². The first-order valence-electron chi connectivity index (χ1n) is 6.61. The second-order valence-electron chi connectivity index (χ2n) is 5.28. The van der Waals surface area contributed by atoms with Gasteiger partial charge < -0.3 is 10.6 Å². The van der Waals surface area contributed by atoms with E-state index in [1.165, 1.54) is 16.7 Å². The van der Waals surface area contributed by atoms with Gasteiger partial charge in [0.1, 0.15) is 5.82 Å². The van der Waals surface area contributed by atoms with Crippen molar-refractivity contribution in [1.82, 2.24) is 4.98 Å². The van der Waals surface area contributed by atoms with Crippen molar-refractivity contribution in [2.75, 3.05) is 11.9 Å². The van der Waals surface area contributed by atoms with Crippen molar-refractivity contribution in [2.24, 2.45) is 5.73 Å². The van der Waals surface area contributed by atoms with Gasteiger partial charge in [0.15, 0.2) is 0 Å². The molecular formula is C15H20BrN3S. The normalized spacial score (nSPS) is 12.4. The van der Waals surface area contributed by atoms with Gasteiger partial charge >= 0.3 is 0 Å². The number of hydrogen-bond acceptors (Lipinski definition) is 4. The highest BCUT2D eigenvalue weighted by molar-refractivity contribution is 9.11. The van der Waals surface area contributed by atoms with E-state index >= 15 is 0 Å². The van der Waals surface area contributed by atoms with Crippen LogP contribution in [0, 0.1) is 6.92 Å². The summed E-state index contributed by atoms with van der Waals surface area (Å²) >= 11 is 5.21. The van der Waals surface area contributed by atoms with E-state index < -0.39 is 0 Å². The van der Waals surface area contributed by atoms with Crippen LogP contribution < -0.4 is 10.6 Å². The molecule has 0 aliphatic rings. The summed E-state index contributed by atoms with van der Waals surface area (Å²) in [7, 11) is 2.08. The number of rotatable bonds is 5. The Balaban J connectivity index is 2.11. The molecule has 5 heteroatoms. The first kappa shape index (κ1) is 15.5. The number of nitrogens with zero attached hydrogens (tertiary/aromatic N) is 2. The molecule has 1 atom stereocenters. The number of aromatic nitrogens is 1. The summed E-state index contributed by atoms with van der Waals surface area (Å²) in [4.78, 5) is 6.78. The van der Waals surface area contributed by atoms with Crippen molar-refractivity contribution in [3.63, 3.8) is 0 Å². The molecule has 2 aromatic rings. The Labute approximate surface area is 133 Å². The van der Waals surface area contributed by atoms with Crippen molar-refractivity contribution in [3.05, 3.63) is 44.2 Å². The molecule has 0 spiro atoms. The van der Waals surface area contributed by atoms with Crippen LogP contribution >= 0.6 is 27.3 Å². The smallest absolute Gasteiger partial charge is 0.131 e. The van der Waals surface area contributed by atoms with Crippen LogP contribution in [0.1, 0.15) is 23.6 Å². The van der Waals surface area contributed by atoms with E-state index in [-0.39, 0.29) is 6.04 Å². The fourth-order valence-corrected chi connectivity index (χ4v) is 3.49. The molecule has 108 valence electrons. The van der Waals surface area contributed by atoms with Gasteiger partial charge in [-0.15, -0.1) is 11.3 Å². The molecule has 2 N–H and O–H groups in total. The Morgan fingerprint density at radius 3 is 2.70 bits per heavy atom. The lowest BCUT2D eigenvalue weighted by Crippen LogP contribution is -2.20. The van der Waals surface area contributed by atoms with Gasteiger partial charge in [0.25, 0.3) is 0 Å². The standard InChI is InChI=1S/C15H20BrN3S/c1-10-4-12(5-11(2)17)7-18-15(10)19(3)8-13-6-14(16)20-9-13/h4,6-7,9,11H,5,8,17H2,1-3H3. The fourth-order valence-electron chi connectivity index (χ4n) is 2.29. The summed E-state index contributed by atoms with van der Waals surface area (Å²) in [6.45, 7) is 4.99. The summed E-state index contributed by atoms with van der Waals surface area (Å²) in [5, 5.41) is 2.17. The Bertz CT molecular complexity index is 580. The largest absolute Gasteiger partial charge is 0.355 e. The lowest BCUT2D eigenvalue weighted by atomic mass is 10.1. The lowest BCUT2D eigenvalue weighted by Gasteiger charge is -2.20. The van der Waals surface area contributed by atoms with E-state index in [0.29, 0.717) is 0 Å². The molecule has 1 unspecified atom stereocenters. The van der Waals surface area contributed by atoms with Gasteiger partial charge in [-0.25, -0.2) is 4.98 Å². The molecular weight excluding hydrogens is 334 g/mol. The predicted molar refractivity (Wildman–Crippen MR) is 90.5 cm³/mol. The molecule has 0 radical (unpaired) electrons. The van der Waals surface area contributed by atoms with Gasteiger partial charge in [-0.05, 0) is 64.3 Å². The average Bonchev–Trinajstić information content (AvgIpc) is 2.73. The van der Waals surface area contributed by atoms with Crippen molar-refractivity contribution in [2.45, 2.75) is 32.9 Å². The van der Waals surface area contributed by atoms with Crippen molar-refractivity contribution < 1.29 is 0 Å². The van der Waals surface area contributed by atoms with E-state index in [2.05, 4.69) is 57.3 Å². The summed E-state index contributed by atoms with van der Waals surface area (Å²) in [5.74, 6) is 1.03. The van der Waals surface area contributed by atoms with Crippen LogP contribution in [0.15, 0.2) is 27.5 Å². The third kappa shape index (κ3) is 4.04. The van der Waals surface area contributed by atoms with Crippen LogP contribution in [0.25, 0.3) is 0 Å². The van der Waals surface area contributed by atoms with Crippen LogP contribution in [0.2, 0.25) is 0 Å². The van der Waals surface area contributed by atoms with E-state index in [0.717, 1.165) is 22.6 Å². The van der Waals surface area contributed by atoms with Crippen molar-refractivity contribution in [3.8, 4) is 0 Å². The minimum absolute atomic E-state index is 0.169. The van der Waals surface area contributed by atoms with Gasteiger partial charge in [-0.3, -0.25) is 0 Å². The number of nitrogens with two attached hydrogens (primary N) is 1. The molecule has 0 aromatic carbocycles. The number of halogens is 1. The Kier molecular flexibility index (Phi) is 5.18.